The number of pyridine rings is 2. The van der Waals surface area contributed by atoms with Crippen LogP contribution in [-0.4, -0.2) is 56.7 Å². The second-order valence-electron chi connectivity index (χ2n) is 8.29. The Labute approximate surface area is 208 Å². The first kappa shape index (κ1) is 23.5. The van der Waals surface area contributed by atoms with Crippen molar-refractivity contribution in [2.45, 2.75) is 18.1 Å². The highest BCUT2D eigenvalue weighted by molar-refractivity contribution is 7.94. The van der Waals surface area contributed by atoms with Crippen LogP contribution in [0.3, 0.4) is 0 Å². The number of anilines is 2. The van der Waals surface area contributed by atoms with Crippen LogP contribution in [0.1, 0.15) is 10.7 Å². The number of hydrogen-bond acceptors (Lipinski definition) is 9. The van der Waals surface area contributed by atoms with E-state index in [2.05, 4.69) is 36.0 Å². The number of nitrogens with one attached hydrogen (secondary N) is 2. The van der Waals surface area contributed by atoms with Gasteiger partial charge in [-0.3, -0.25) is 9.71 Å². The van der Waals surface area contributed by atoms with Crippen LogP contribution < -0.4 is 19.7 Å². The summed E-state index contributed by atoms with van der Waals surface area (Å²) in [5.74, 6) is 0.195. The number of aromatic nitrogens is 3. The predicted octanol–water partition coefficient (Wildman–Crippen LogP) is 3.59. The largest absolute Gasteiger partial charge is 0.480 e. The molecule has 1 aromatic carbocycles. The maximum absolute atomic E-state index is 13.1. The monoisotopic (exact) mass is 510 g/mol. The molecule has 2 N–H and O–H groups in total. The highest BCUT2D eigenvalue weighted by Crippen LogP contribution is 2.34. The fourth-order valence-corrected chi connectivity index (χ4v) is 6.82. The van der Waals surface area contributed by atoms with Crippen molar-refractivity contribution in [1.82, 2.24) is 20.3 Å². The molecule has 0 spiro atoms. The van der Waals surface area contributed by atoms with Crippen LogP contribution in [0.2, 0.25) is 0 Å². The van der Waals surface area contributed by atoms with E-state index in [1.165, 1.54) is 7.11 Å². The number of methoxy groups -OCH3 is 1. The molecule has 35 heavy (non-hydrogen) atoms. The maximum Gasteiger partial charge on any atom is 0.273 e. The summed E-state index contributed by atoms with van der Waals surface area (Å²) in [5, 5.41) is 5.11. The van der Waals surface area contributed by atoms with E-state index >= 15 is 0 Å². The van der Waals surface area contributed by atoms with Crippen molar-refractivity contribution in [3.05, 3.63) is 53.4 Å². The first-order chi connectivity index (χ1) is 16.9. The smallest absolute Gasteiger partial charge is 0.273 e. The highest BCUT2D eigenvalue weighted by atomic mass is 32.2. The zero-order chi connectivity index (χ0) is 24.6. The fourth-order valence-electron chi connectivity index (χ4n) is 4.29. The zero-order valence-electron chi connectivity index (χ0n) is 19.7. The van der Waals surface area contributed by atoms with Crippen molar-refractivity contribution in [2.75, 3.05) is 42.9 Å². The number of piperazine rings is 1. The summed E-state index contributed by atoms with van der Waals surface area (Å²) in [6, 6.07) is 9.82. The van der Waals surface area contributed by atoms with E-state index in [-0.39, 0.29) is 15.8 Å². The molecule has 0 radical (unpaired) electrons. The summed E-state index contributed by atoms with van der Waals surface area (Å²) in [6.45, 7) is 7.19. The van der Waals surface area contributed by atoms with Gasteiger partial charge in [-0.1, -0.05) is 6.07 Å². The summed E-state index contributed by atoms with van der Waals surface area (Å²) in [5.41, 5.74) is 4.44. The minimum absolute atomic E-state index is 0.180. The van der Waals surface area contributed by atoms with Crippen molar-refractivity contribution in [1.29, 1.82) is 0 Å². The number of nitrogens with zero attached hydrogens (tertiary/aromatic N) is 4. The first-order valence-electron chi connectivity index (χ1n) is 11.2. The van der Waals surface area contributed by atoms with Gasteiger partial charge in [-0.05, 0) is 43.7 Å². The molecule has 9 nitrogen and oxygen atoms in total. The Hall–Kier alpha value is -3.28. The average molecular weight is 511 g/mol. The molecular formula is C24H26N6O3S2. The first-order valence-corrected chi connectivity index (χ1v) is 13.5. The molecule has 0 amide bonds. The van der Waals surface area contributed by atoms with Gasteiger partial charge in [-0.25, -0.2) is 18.4 Å². The third-order valence-corrected chi connectivity index (χ3v) is 8.95. The molecular weight excluding hydrogens is 484 g/mol. The number of fused-ring (bicyclic) bond motifs is 1. The minimum atomic E-state index is -3.85. The maximum atomic E-state index is 13.1. The molecule has 182 valence electrons. The third kappa shape index (κ3) is 4.66. The van der Waals surface area contributed by atoms with E-state index in [4.69, 9.17) is 4.74 Å². The molecule has 1 saturated heterocycles. The van der Waals surface area contributed by atoms with E-state index in [0.29, 0.717) is 10.7 Å². The summed E-state index contributed by atoms with van der Waals surface area (Å²) >= 11 is 1.13. The second kappa shape index (κ2) is 9.40. The molecule has 4 heterocycles. The van der Waals surface area contributed by atoms with Gasteiger partial charge in [0.1, 0.15) is 5.69 Å². The van der Waals surface area contributed by atoms with Crippen molar-refractivity contribution in [2.24, 2.45) is 0 Å². The van der Waals surface area contributed by atoms with E-state index in [1.54, 1.807) is 26.1 Å². The van der Waals surface area contributed by atoms with Crippen LogP contribution in [0.4, 0.5) is 11.4 Å². The van der Waals surface area contributed by atoms with Gasteiger partial charge in [0.25, 0.3) is 10.0 Å². The van der Waals surface area contributed by atoms with Gasteiger partial charge >= 0.3 is 0 Å². The van der Waals surface area contributed by atoms with Crippen molar-refractivity contribution in [3.63, 3.8) is 0 Å². The number of thiazole rings is 1. The van der Waals surface area contributed by atoms with Gasteiger partial charge < -0.3 is 15.0 Å². The SMILES string of the molecule is COc1ncc(-c2ccc3nccc(N4CCNCC4)c3c2)cc1NS(=O)(=O)c1sc(C)nc1C. The Morgan fingerprint density at radius 2 is 1.89 bits per heavy atom. The van der Waals surface area contributed by atoms with Gasteiger partial charge in [0.2, 0.25) is 5.88 Å². The van der Waals surface area contributed by atoms with Crippen LogP contribution in [0.5, 0.6) is 5.88 Å². The average Bonchev–Trinajstić information content (AvgIpc) is 3.22. The lowest BCUT2D eigenvalue weighted by Gasteiger charge is -2.30. The van der Waals surface area contributed by atoms with Crippen molar-refractivity contribution in [3.8, 4) is 17.0 Å². The summed E-state index contributed by atoms with van der Waals surface area (Å²) in [6.07, 6.45) is 3.52. The summed E-state index contributed by atoms with van der Waals surface area (Å²) in [7, 11) is -2.39. The Balaban J connectivity index is 1.55. The summed E-state index contributed by atoms with van der Waals surface area (Å²) in [4.78, 5) is 15.5. The molecule has 1 aliphatic rings. The van der Waals surface area contributed by atoms with Crippen LogP contribution in [0, 0.1) is 13.8 Å². The molecule has 4 aromatic rings. The Morgan fingerprint density at radius 3 is 2.60 bits per heavy atom. The molecule has 1 fully saturated rings. The van der Waals surface area contributed by atoms with Gasteiger partial charge in [0, 0.05) is 55.2 Å². The Kier molecular flexibility index (Phi) is 6.30. The number of hydrogen-bond donors (Lipinski definition) is 2. The molecule has 0 atom stereocenters. The number of ether oxygens (including phenoxy) is 1. The number of benzene rings is 1. The molecule has 3 aromatic heterocycles. The van der Waals surface area contributed by atoms with E-state index in [0.717, 1.165) is 65.2 Å². The normalized spacial score (nSPS) is 14.3. The predicted molar refractivity (Wildman–Crippen MR) is 139 cm³/mol. The quantitative estimate of drug-likeness (QED) is 0.405. The lowest BCUT2D eigenvalue weighted by atomic mass is 10.0. The van der Waals surface area contributed by atoms with E-state index in [1.807, 2.05) is 24.4 Å². The molecule has 1 aliphatic heterocycles. The van der Waals surface area contributed by atoms with E-state index in [9.17, 15) is 8.42 Å². The van der Waals surface area contributed by atoms with Crippen LogP contribution in [-0.2, 0) is 10.0 Å². The van der Waals surface area contributed by atoms with E-state index < -0.39 is 10.0 Å². The lowest BCUT2D eigenvalue weighted by molar-refractivity contribution is 0.400. The molecule has 5 rings (SSSR count). The van der Waals surface area contributed by atoms with Crippen molar-refractivity contribution < 1.29 is 13.2 Å². The topological polar surface area (TPSA) is 109 Å². The van der Waals surface area contributed by atoms with Gasteiger partial charge in [-0.2, -0.15) is 0 Å². The molecule has 0 bridgehead atoms. The third-order valence-electron chi connectivity index (χ3n) is 5.90. The second-order valence-corrected chi connectivity index (χ2v) is 11.4. The van der Waals surface area contributed by atoms with Gasteiger partial charge in [-0.15, -0.1) is 11.3 Å². The Morgan fingerprint density at radius 1 is 1.09 bits per heavy atom. The summed E-state index contributed by atoms with van der Waals surface area (Å²) < 4.78 is 34.4. The highest BCUT2D eigenvalue weighted by Gasteiger charge is 2.23. The van der Waals surface area contributed by atoms with Crippen LogP contribution >= 0.6 is 11.3 Å². The number of aryl methyl sites for hydroxylation is 2. The lowest BCUT2D eigenvalue weighted by Crippen LogP contribution is -2.43. The van der Waals surface area contributed by atoms with Gasteiger partial charge in [0.05, 0.1) is 23.3 Å². The van der Waals surface area contributed by atoms with Gasteiger partial charge in [0.15, 0.2) is 4.21 Å². The standard InChI is InChI=1S/C24H26N6O3S2/c1-15-24(34-16(2)28-15)35(31,32)29-21-13-18(14-27-23(21)33-3)17-4-5-20-19(12-17)22(6-7-26-20)30-10-8-25-9-11-30/h4-7,12-14,25,29H,8-11H2,1-3H3. The zero-order valence-corrected chi connectivity index (χ0v) is 21.3. The van der Waals surface area contributed by atoms with Crippen LogP contribution in [0.25, 0.3) is 22.0 Å². The molecule has 0 saturated carbocycles. The van der Waals surface area contributed by atoms with Crippen LogP contribution in [0.15, 0.2) is 46.9 Å². The molecule has 11 heteroatoms. The Bertz CT molecular complexity index is 1500. The number of sulfonamides is 1. The fraction of sp³-hybridized carbons (Fsp3) is 0.292. The number of rotatable bonds is 6. The molecule has 0 unspecified atom stereocenters. The van der Waals surface area contributed by atoms with Crippen molar-refractivity contribution >= 4 is 43.6 Å². The molecule has 0 aliphatic carbocycles. The minimum Gasteiger partial charge on any atom is -0.480 e.